The number of hydrogen-bond acceptors (Lipinski definition) is 7. The molecule has 0 heterocycles. The van der Waals surface area contributed by atoms with Crippen LogP contribution < -0.4 is 10.8 Å². The number of rotatable bonds is 9. The van der Waals surface area contributed by atoms with Crippen molar-refractivity contribution in [3.05, 3.63) is 24.3 Å². The van der Waals surface area contributed by atoms with Gasteiger partial charge in [0.15, 0.2) is 0 Å². The van der Waals surface area contributed by atoms with Crippen molar-refractivity contribution in [3.8, 4) is 0 Å². The Kier molecular flexibility index (Phi) is 9.06. The van der Waals surface area contributed by atoms with Crippen molar-refractivity contribution in [2.45, 2.75) is 12.8 Å². The molecule has 0 spiro atoms. The van der Waals surface area contributed by atoms with Crippen LogP contribution in [0, 0.1) is 0 Å². The largest absolute Gasteiger partial charge is 0.488 e. The topological polar surface area (TPSA) is 95.9 Å². The van der Waals surface area contributed by atoms with Crippen LogP contribution in [-0.2, 0) is 14.3 Å². The minimum Gasteiger partial charge on any atom is -0.469 e. The van der Waals surface area contributed by atoms with Crippen LogP contribution in [0.4, 0.5) is 5.69 Å². The summed E-state index contributed by atoms with van der Waals surface area (Å²) in [5, 5.41) is 20.8. The average Bonchev–Trinajstić information content (AvgIpc) is 2.50. The third-order valence-electron chi connectivity index (χ3n) is 2.58. The lowest BCUT2D eigenvalue weighted by molar-refractivity contribution is -0.140. The van der Waals surface area contributed by atoms with Crippen LogP contribution in [0.3, 0.4) is 0 Å². The molecule has 0 aliphatic heterocycles. The van der Waals surface area contributed by atoms with Crippen LogP contribution in [0.5, 0.6) is 0 Å². The number of methoxy groups -OCH3 is 1. The first-order chi connectivity index (χ1) is 10.5. The Morgan fingerprint density at radius 3 is 2.55 bits per heavy atom. The predicted molar refractivity (Wildman–Crippen MR) is 91.1 cm³/mol. The Morgan fingerprint density at radius 1 is 1.23 bits per heavy atom. The number of carbonyl (C=O) groups is 2. The Labute approximate surface area is 137 Å². The van der Waals surface area contributed by atoms with Crippen molar-refractivity contribution in [1.82, 2.24) is 0 Å². The zero-order valence-electron chi connectivity index (χ0n) is 12.2. The molecule has 120 valence electrons. The van der Waals surface area contributed by atoms with Crippen molar-refractivity contribution in [2.75, 3.05) is 23.9 Å². The van der Waals surface area contributed by atoms with E-state index in [1.165, 1.54) is 34.8 Å². The summed E-state index contributed by atoms with van der Waals surface area (Å²) in [6.07, 6.45) is 0.693. The zero-order chi connectivity index (χ0) is 16.4. The van der Waals surface area contributed by atoms with Gasteiger partial charge in [-0.3, -0.25) is 9.59 Å². The van der Waals surface area contributed by atoms with Crippen molar-refractivity contribution < 1.29 is 24.4 Å². The summed E-state index contributed by atoms with van der Waals surface area (Å²) in [5.41, 5.74) is 0.851. The molecule has 1 aromatic rings. The molecule has 0 aromatic heterocycles. The number of amides is 1. The maximum atomic E-state index is 11.7. The van der Waals surface area contributed by atoms with Gasteiger partial charge in [-0.15, -0.1) is 0 Å². The van der Waals surface area contributed by atoms with Gasteiger partial charge in [0.25, 0.3) is 0 Å². The van der Waals surface area contributed by atoms with Gasteiger partial charge >= 0.3 is 13.1 Å². The number of esters is 1. The van der Waals surface area contributed by atoms with Crippen molar-refractivity contribution in [3.63, 3.8) is 0 Å². The minimum atomic E-state index is -1.56. The molecule has 6 nitrogen and oxygen atoms in total. The quantitative estimate of drug-likeness (QED) is 0.262. The maximum Gasteiger partial charge on any atom is 0.488 e. The number of nitrogens with one attached hydrogen (secondary N) is 1. The molecule has 1 aromatic carbocycles. The lowest BCUT2D eigenvalue weighted by atomic mass is 9.80. The van der Waals surface area contributed by atoms with Crippen LogP contribution in [0.2, 0.25) is 0 Å². The van der Waals surface area contributed by atoms with Crippen molar-refractivity contribution in [2.24, 2.45) is 0 Å². The smallest absolute Gasteiger partial charge is 0.469 e. The molecule has 0 atom stereocenters. The van der Waals surface area contributed by atoms with E-state index in [2.05, 4.69) is 10.1 Å². The molecule has 0 aliphatic carbocycles. The fraction of sp³-hybridized carbons (Fsp3) is 0.385. The summed E-state index contributed by atoms with van der Waals surface area (Å²) in [6.45, 7) is 0. The highest BCUT2D eigenvalue weighted by Crippen LogP contribution is 2.23. The van der Waals surface area contributed by atoms with Gasteiger partial charge in [-0.25, -0.2) is 0 Å². The number of carbonyl (C=O) groups excluding carboxylic acids is 2. The van der Waals surface area contributed by atoms with Crippen LogP contribution in [0.15, 0.2) is 24.3 Å². The first kappa shape index (κ1) is 18.9. The summed E-state index contributed by atoms with van der Waals surface area (Å²) in [4.78, 5) is 22.6. The molecule has 1 rings (SSSR count). The normalized spacial score (nSPS) is 10.1. The standard InChI is InChI=1S/C13H18BNO5S2/c1-20-13(17)6-8-22-21-7-5-12(16)15-11-4-2-3-10(9-11)14(18)19/h2-4,9,18-19H,5-8H2,1H3,(H,15,16). The van der Waals surface area contributed by atoms with Crippen molar-refractivity contribution in [1.29, 1.82) is 0 Å². The van der Waals surface area contributed by atoms with Gasteiger partial charge in [0.1, 0.15) is 0 Å². The van der Waals surface area contributed by atoms with E-state index in [-0.39, 0.29) is 11.9 Å². The van der Waals surface area contributed by atoms with Crippen LogP contribution >= 0.6 is 21.6 Å². The molecular formula is C13H18BNO5S2. The van der Waals surface area contributed by atoms with Gasteiger partial charge in [0.05, 0.1) is 13.5 Å². The highest BCUT2D eigenvalue weighted by molar-refractivity contribution is 8.76. The summed E-state index contributed by atoms with van der Waals surface area (Å²) in [6, 6.07) is 6.40. The third kappa shape index (κ3) is 7.74. The molecule has 0 saturated carbocycles. The summed E-state index contributed by atoms with van der Waals surface area (Å²) in [5.74, 6) is 0.887. The molecule has 0 bridgehead atoms. The third-order valence-corrected chi connectivity index (χ3v) is 4.99. The fourth-order valence-electron chi connectivity index (χ4n) is 1.48. The molecule has 0 saturated heterocycles. The van der Waals surface area contributed by atoms with Crippen LogP contribution in [-0.4, -0.2) is 47.7 Å². The van der Waals surface area contributed by atoms with E-state index >= 15 is 0 Å². The monoisotopic (exact) mass is 343 g/mol. The summed E-state index contributed by atoms with van der Waals surface area (Å²) >= 11 is 0. The van der Waals surface area contributed by atoms with E-state index < -0.39 is 7.12 Å². The molecule has 0 fully saturated rings. The van der Waals surface area contributed by atoms with Gasteiger partial charge in [-0.1, -0.05) is 33.7 Å². The van der Waals surface area contributed by atoms with Crippen LogP contribution in [0.1, 0.15) is 12.8 Å². The van der Waals surface area contributed by atoms with E-state index in [1.807, 2.05) is 0 Å². The lowest BCUT2D eigenvalue weighted by Crippen LogP contribution is -2.30. The van der Waals surface area contributed by atoms with Crippen molar-refractivity contribution >= 4 is 51.7 Å². The van der Waals surface area contributed by atoms with Gasteiger partial charge < -0.3 is 20.1 Å². The predicted octanol–water partition coefficient (Wildman–Crippen LogP) is 0.639. The Morgan fingerprint density at radius 2 is 1.91 bits per heavy atom. The second-order valence-corrected chi connectivity index (χ2v) is 6.97. The van der Waals surface area contributed by atoms with E-state index in [4.69, 9.17) is 10.0 Å². The molecule has 0 radical (unpaired) electrons. The minimum absolute atomic E-state index is 0.148. The van der Waals surface area contributed by atoms with E-state index in [1.54, 1.807) is 18.2 Å². The second kappa shape index (κ2) is 10.6. The van der Waals surface area contributed by atoms with Crippen LogP contribution in [0.25, 0.3) is 0 Å². The Bertz CT molecular complexity index is 501. The number of ether oxygens (including phenoxy) is 1. The Balaban J connectivity index is 2.21. The Hall–Kier alpha value is -1.16. The maximum absolute atomic E-state index is 11.7. The van der Waals surface area contributed by atoms with Gasteiger partial charge in [0.2, 0.25) is 5.91 Å². The second-order valence-electron chi connectivity index (χ2n) is 4.27. The number of benzene rings is 1. The average molecular weight is 343 g/mol. The molecule has 0 aliphatic rings. The summed E-state index contributed by atoms with van der Waals surface area (Å²) < 4.78 is 4.53. The molecule has 0 unspecified atom stereocenters. The highest BCUT2D eigenvalue weighted by atomic mass is 33.1. The number of anilines is 1. The van der Waals surface area contributed by atoms with Gasteiger partial charge in [0, 0.05) is 23.6 Å². The lowest BCUT2D eigenvalue weighted by Gasteiger charge is -2.07. The van der Waals surface area contributed by atoms with E-state index in [9.17, 15) is 9.59 Å². The molecule has 3 N–H and O–H groups in total. The number of hydrogen-bond donors (Lipinski definition) is 3. The molecule has 22 heavy (non-hydrogen) atoms. The summed E-state index contributed by atoms with van der Waals surface area (Å²) in [7, 11) is 2.84. The first-order valence-electron chi connectivity index (χ1n) is 6.60. The van der Waals surface area contributed by atoms with E-state index in [0.717, 1.165) is 0 Å². The molecular weight excluding hydrogens is 325 g/mol. The van der Waals surface area contributed by atoms with Gasteiger partial charge in [-0.2, -0.15) is 0 Å². The SMILES string of the molecule is COC(=O)CCSSCCC(=O)Nc1cccc(B(O)O)c1. The highest BCUT2D eigenvalue weighted by Gasteiger charge is 2.11. The van der Waals surface area contributed by atoms with E-state index in [0.29, 0.717) is 35.5 Å². The molecule has 9 heteroatoms. The first-order valence-corrected chi connectivity index (χ1v) is 9.09. The fourth-order valence-corrected chi connectivity index (χ4v) is 3.44. The molecule has 1 amide bonds. The van der Waals surface area contributed by atoms with Gasteiger partial charge in [-0.05, 0) is 17.6 Å². The zero-order valence-corrected chi connectivity index (χ0v) is 13.8.